The van der Waals surface area contributed by atoms with Gasteiger partial charge in [-0.2, -0.15) is 0 Å². The van der Waals surface area contributed by atoms with Gasteiger partial charge in [-0.3, -0.25) is 4.79 Å². The summed E-state index contributed by atoms with van der Waals surface area (Å²) in [7, 11) is 0. The minimum atomic E-state index is -0.0224. The third-order valence-corrected chi connectivity index (χ3v) is 4.23. The van der Waals surface area contributed by atoms with E-state index in [1.165, 1.54) is 0 Å². The minimum absolute atomic E-state index is 0.0224. The summed E-state index contributed by atoms with van der Waals surface area (Å²) in [6, 6.07) is 13.5. The van der Waals surface area contributed by atoms with Gasteiger partial charge in [0.25, 0.3) is 0 Å². The number of hydrogen-bond donors (Lipinski definition) is 2. The van der Waals surface area contributed by atoms with E-state index in [1.54, 1.807) is 0 Å². The van der Waals surface area contributed by atoms with Gasteiger partial charge in [0.1, 0.15) is 0 Å². The largest absolute Gasteiger partial charge is 0.399 e. The highest BCUT2D eigenvalue weighted by Crippen LogP contribution is 2.20. The number of aryl methyl sites for hydroxylation is 1. The van der Waals surface area contributed by atoms with E-state index >= 15 is 0 Å². The van der Waals surface area contributed by atoms with Crippen molar-refractivity contribution in [3.63, 3.8) is 0 Å². The second-order valence-corrected chi connectivity index (χ2v) is 6.09. The van der Waals surface area contributed by atoms with E-state index in [1.807, 2.05) is 56.3 Å². The van der Waals surface area contributed by atoms with Crippen LogP contribution >= 0.6 is 0 Å². The molecule has 0 radical (unpaired) electrons. The summed E-state index contributed by atoms with van der Waals surface area (Å²) in [4.78, 5) is 12.3. The molecule has 0 unspecified atom stereocenters. The first-order valence-electron chi connectivity index (χ1n) is 8.99. The van der Waals surface area contributed by atoms with Crippen LogP contribution in [0, 0.1) is 6.92 Å². The van der Waals surface area contributed by atoms with Crippen LogP contribution in [0.4, 0.5) is 11.4 Å². The lowest BCUT2D eigenvalue weighted by molar-refractivity contribution is -0.116. The number of ether oxygens (including phenoxy) is 2. The first-order valence-corrected chi connectivity index (χ1v) is 8.99. The Morgan fingerprint density at radius 2 is 1.77 bits per heavy atom. The maximum absolute atomic E-state index is 12.3. The molecule has 2 aromatic carbocycles. The number of nitrogens with one attached hydrogen (secondary N) is 1. The molecule has 0 fully saturated rings. The summed E-state index contributed by atoms with van der Waals surface area (Å²) in [5, 5.41) is 2.99. The predicted molar refractivity (Wildman–Crippen MR) is 105 cm³/mol. The van der Waals surface area contributed by atoms with Crippen molar-refractivity contribution in [1.82, 2.24) is 0 Å². The van der Waals surface area contributed by atoms with Gasteiger partial charge in [-0.25, -0.2) is 0 Å². The number of rotatable bonds is 10. The number of benzene rings is 2. The Morgan fingerprint density at radius 1 is 1.04 bits per heavy atom. The number of anilines is 2. The van der Waals surface area contributed by atoms with E-state index in [-0.39, 0.29) is 5.91 Å². The van der Waals surface area contributed by atoms with Gasteiger partial charge in [-0.15, -0.1) is 0 Å². The maximum Gasteiger partial charge on any atom is 0.224 e. The lowest BCUT2D eigenvalue weighted by Crippen LogP contribution is -2.14. The molecule has 1 amide bonds. The van der Waals surface area contributed by atoms with Crippen LogP contribution in [0.5, 0.6) is 0 Å². The fraction of sp³-hybridized carbons (Fsp3) is 0.381. The van der Waals surface area contributed by atoms with Gasteiger partial charge in [0.15, 0.2) is 0 Å². The number of hydrogen-bond acceptors (Lipinski definition) is 4. The van der Waals surface area contributed by atoms with E-state index in [9.17, 15) is 4.79 Å². The number of nitrogens with two attached hydrogens (primary N) is 1. The minimum Gasteiger partial charge on any atom is -0.399 e. The Bertz CT molecular complexity index is 716. The molecule has 5 heteroatoms. The van der Waals surface area contributed by atoms with Crippen molar-refractivity contribution < 1.29 is 14.3 Å². The first-order chi connectivity index (χ1) is 12.6. The molecule has 0 bridgehead atoms. The van der Waals surface area contributed by atoms with Crippen molar-refractivity contribution in [3.8, 4) is 0 Å². The van der Waals surface area contributed by atoms with Gasteiger partial charge in [0.05, 0.1) is 19.8 Å². The van der Waals surface area contributed by atoms with Crippen LogP contribution in [0.25, 0.3) is 0 Å². The highest BCUT2D eigenvalue weighted by molar-refractivity contribution is 5.91. The molecule has 26 heavy (non-hydrogen) atoms. The van der Waals surface area contributed by atoms with Gasteiger partial charge in [-0.1, -0.05) is 30.3 Å². The smallest absolute Gasteiger partial charge is 0.224 e. The molecule has 2 aromatic rings. The van der Waals surface area contributed by atoms with Crippen LogP contribution in [-0.4, -0.2) is 25.7 Å². The second kappa shape index (κ2) is 10.6. The van der Waals surface area contributed by atoms with Gasteiger partial charge in [-0.05, 0) is 49.1 Å². The number of carbonyl (C=O) groups is 1. The summed E-state index contributed by atoms with van der Waals surface area (Å²) >= 11 is 0. The number of para-hydroxylation sites is 1. The molecule has 0 heterocycles. The Hall–Kier alpha value is -2.37. The van der Waals surface area contributed by atoms with E-state index in [0.717, 1.165) is 28.1 Å². The lowest BCUT2D eigenvalue weighted by atomic mass is 10.1. The van der Waals surface area contributed by atoms with Gasteiger partial charge >= 0.3 is 0 Å². The van der Waals surface area contributed by atoms with E-state index in [0.29, 0.717) is 39.3 Å². The standard InChI is InChI=1S/C21H28N2O3/c1-3-25-13-14-26-15-18-8-6-10-20(16(18)2)23-21(24)12-11-17-7-4-5-9-19(17)22/h4-10H,3,11-15,22H2,1-2H3,(H,23,24). The van der Waals surface area contributed by atoms with E-state index < -0.39 is 0 Å². The van der Waals surface area contributed by atoms with Crippen molar-refractivity contribution in [2.45, 2.75) is 33.3 Å². The number of amides is 1. The zero-order valence-electron chi connectivity index (χ0n) is 15.6. The highest BCUT2D eigenvalue weighted by atomic mass is 16.5. The third-order valence-electron chi connectivity index (χ3n) is 4.23. The first kappa shape index (κ1) is 19.9. The summed E-state index contributed by atoms with van der Waals surface area (Å²) in [6.07, 6.45) is 1.01. The van der Waals surface area contributed by atoms with Crippen molar-refractivity contribution in [2.75, 3.05) is 30.9 Å². The second-order valence-electron chi connectivity index (χ2n) is 6.09. The van der Waals surface area contributed by atoms with Crippen molar-refractivity contribution in [2.24, 2.45) is 0 Å². The average Bonchev–Trinajstić information content (AvgIpc) is 2.64. The maximum atomic E-state index is 12.3. The Balaban J connectivity index is 1.87. The van der Waals surface area contributed by atoms with Crippen molar-refractivity contribution in [1.29, 1.82) is 0 Å². The number of nitrogen functional groups attached to an aromatic ring is 1. The lowest BCUT2D eigenvalue weighted by Gasteiger charge is -2.13. The van der Waals surface area contributed by atoms with Crippen LogP contribution in [0.1, 0.15) is 30.0 Å². The predicted octanol–water partition coefficient (Wildman–Crippen LogP) is 3.70. The monoisotopic (exact) mass is 356 g/mol. The zero-order valence-corrected chi connectivity index (χ0v) is 15.6. The third kappa shape index (κ3) is 6.17. The van der Waals surface area contributed by atoms with Gasteiger partial charge in [0.2, 0.25) is 5.91 Å². The highest BCUT2D eigenvalue weighted by Gasteiger charge is 2.09. The molecule has 2 rings (SSSR count). The fourth-order valence-electron chi connectivity index (χ4n) is 2.64. The molecule has 5 nitrogen and oxygen atoms in total. The molecule has 0 spiro atoms. The van der Waals surface area contributed by atoms with Crippen LogP contribution in [-0.2, 0) is 27.3 Å². The van der Waals surface area contributed by atoms with Crippen molar-refractivity contribution in [3.05, 3.63) is 59.2 Å². The average molecular weight is 356 g/mol. The quantitative estimate of drug-likeness (QED) is 0.503. The molecule has 0 saturated carbocycles. The topological polar surface area (TPSA) is 73.6 Å². The molecule has 0 aromatic heterocycles. The summed E-state index contributed by atoms with van der Waals surface area (Å²) in [5.74, 6) is -0.0224. The van der Waals surface area contributed by atoms with Crippen LogP contribution in [0.3, 0.4) is 0 Å². The molecule has 0 atom stereocenters. The molecule has 140 valence electrons. The van der Waals surface area contributed by atoms with Crippen LogP contribution in [0.15, 0.2) is 42.5 Å². The molecular weight excluding hydrogens is 328 g/mol. The fourth-order valence-corrected chi connectivity index (χ4v) is 2.64. The molecule has 3 N–H and O–H groups in total. The molecule has 0 aliphatic heterocycles. The van der Waals surface area contributed by atoms with Crippen LogP contribution in [0.2, 0.25) is 0 Å². The van der Waals surface area contributed by atoms with Gasteiger partial charge < -0.3 is 20.5 Å². The molecule has 0 saturated heterocycles. The normalized spacial score (nSPS) is 10.7. The Kier molecular flexibility index (Phi) is 8.12. The Labute approximate surface area is 155 Å². The SMILES string of the molecule is CCOCCOCc1cccc(NC(=O)CCc2ccccc2N)c1C. The van der Waals surface area contributed by atoms with E-state index in [2.05, 4.69) is 5.32 Å². The molecule has 0 aliphatic carbocycles. The Morgan fingerprint density at radius 3 is 2.54 bits per heavy atom. The van der Waals surface area contributed by atoms with Gasteiger partial charge in [0, 0.05) is 24.4 Å². The van der Waals surface area contributed by atoms with E-state index in [4.69, 9.17) is 15.2 Å². The molecular formula is C21H28N2O3. The van der Waals surface area contributed by atoms with Crippen LogP contribution < -0.4 is 11.1 Å². The number of carbonyl (C=O) groups excluding carboxylic acids is 1. The van der Waals surface area contributed by atoms with Crippen molar-refractivity contribution >= 4 is 17.3 Å². The zero-order chi connectivity index (χ0) is 18.8. The summed E-state index contributed by atoms with van der Waals surface area (Å²) in [6.45, 7) is 6.30. The summed E-state index contributed by atoms with van der Waals surface area (Å²) in [5.41, 5.74) is 10.6. The molecule has 0 aliphatic rings. The summed E-state index contributed by atoms with van der Waals surface area (Å²) < 4.78 is 10.9.